The van der Waals surface area contributed by atoms with E-state index in [1.54, 1.807) is 18.2 Å². The van der Waals surface area contributed by atoms with Gasteiger partial charge in [0.1, 0.15) is 0 Å². The van der Waals surface area contributed by atoms with Crippen molar-refractivity contribution in [3.63, 3.8) is 0 Å². The van der Waals surface area contributed by atoms with E-state index >= 15 is 0 Å². The number of benzene rings is 1. The van der Waals surface area contributed by atoms with Crippen LogP contribution in [0.15, 0.2) is 22.7 Å². The molecule has 0 heterocycles. The van der Waals surface area contributed by atoms with Crippen molar-refractivity contribution in [2.45, 2.75) is 13.0 Å². The van der Waals surface area contributed by atoms with Crippen LogP contribution in [-0.4, -0.2) is 35.3 Å². The molecule has 0 aliphatic rings. The smallest absolute Gasteiger partial charge is 0.159 e. The van der Waals surface area contributed by atoms with Crippen molar-refractivity contribution in [3.05, 3.63) is 28.2 Å². The number of hydrogen-bond donors (Lipinski definition) is 3. The molecule has 16 heavy (non-hydrogen) atoms. The van der Waals surface area contributed by atoms with E-state index in [1.165, 1.54) is 6.92 Å². The summed E-state index contributed by atoms with van der Waals surface area (Å²) in [5.41, 5.74) is 1.32. The third-order valence-electron chi connectivity index (χ3n) is 2.11. The Morgan fingerprint density at radius 3 is 2.81 bits per heavy atom. The molecule has 0 aliphatic carbocycles. The van der Waals surface area contributed by atoms with Crippen molar-refractivity contribution in [1.82, 2.24) is 0 Å². The Morgan fingerprint density at radius 2 is 2.25 bits per heavy atom. The van der Waals surface area contributed by atoms with Crippen LogP contribution >= 0.6 is 15.9 Å². The summed E-state index contributed by atoms with van der Waals surface area (Å²) in [5.74, 6) is -0.0155. The van der Waals surface area contributed by atoms with Crippen molar-refractivity contribution in [2.24, 2.45) is 0 Å². The van der Waals surface area contributed by atoms with Gasteiger partial charge < -0.3 is 15.5 Å². The molecule has 0 fully saturated rings. The summed E-state index contributed by atoms with van der Waals surface area (Å²) in [6.07, 6.45) is -0.812. The second kappa shape index (κ2) is 5.98. The number of rotatable bonds is 5. The standard InChI is InChI=1S/C11H14BrNO3/c1-7(15)8-2-3-10(12)11(4-8)13-5-9(16)6-14/h2-4,9,13-14,16H,5-6H2,1H3. The summed E-state index contributed by atoms with van der Waals surface area (Å²) < 4.78 is 0.808. The molecule has 1 aromatic carbocycles. The molecular weight excluding hydrogens is 274 g/mol. The number of halogens is 1. The molecule has 1 atom stereocenters. The lowest BCUT2D eigenvalue weighted by molar-refractivity contribution is 0.101. The van der Waals surface area contributed by atoms with Gasteiger partial charge in [-0.3, -0.25) is 4.79 Å². The van der Waals surface area contributed by atoms with E-state index in [0.717, 1.165) is 10.2 Å². The molecule has 0 amide bonds. The first kappa shape index (κ1) is 13.2. The number of Topliss-reactive ketones (excluding diaryl/α,β-unsaturated/α-hetero) is 1. The van der Waals surface area contributed by atoms with Gasteiger partial charge in [-0.1, -0.05) is 6.07 Å². The third-order valence-corrected chi connectivity index (χ3v) is 2.80. The molecule has 1 rings (SSSR count). The Bertz CT molecular complexity index is 381. The molecule has 4 nitrogen and oxygen atoms in total. The molecule has 1 unspecified atom stereocenters. The number of carbonyl (C=O) groups excluding carboxylic acids is 1. The molecule has 0 saturated heterocycles. The van der Waals surface area contributed by atoms with E-state index in [4.69, 9.17) is 5.11 Å². The fourth-order valence-corrected chi connectivity index (χ4v) is 1.56. The second-order valence-corrected chi connectivity index (χ2v) is 4.32. The van der Waals surface area contributed by atoms with E-state index in [2.05, 4.69) is 21.2 Å². The monoisotopic (exact) mass is 287 g/mol. The SMILES string of the molecule is CC(=O)c1ccc(Br)c(NCC(O)CO)c1. The maximum Gasteiger partial charge on any atom is 0.159 e. The molecular formula is C11H14BrNO3. The van der Waals surface area contributed by atoms with Crippen molar-refractivity contribution in [1.29, 1.82) is 0 Å². The molecule has 1 aromatic rings. The normalized spacial score (nSPS) is 12.2. The fraction of sp³-hybridized carbons (Fsp3) is 0.364. The number of nitrogens with one attached hydrogen (secondary N) is 1. The second-order valence-electron chi connectivity index (χ2n) is 3.47. The van der Waals surface area contributed by atoms with Crippen molar-refractivity contribution >= 4 is 27.4 Å². The molecule has 0 aromatic heterocycles. The zero-order valence-electron chi connectivity index (χ0n) is 8.90. The number of hydrogen-bond acceptors (Lipinski definition) is 4. The molecule has 3 N–H and O–H groups in total. The summed E-state index contributed by atoms with van der Waals surface area (Å²) in [4.78, 5) is 11.2. The highest BCUT2D eigenvalue weighted by atomic mass is 79.9. The molecule has 0 radical (unpaired) electrons. The highest BCUT2D eigenvalue weighted by Crippen LogP contribution is 2.23. The maximum atomic E-state index is 11.2. The first-order valence-corrected chi connectivity index (χ1v) is 5.67. The number of aliphatic hydroxyl groups is 2. The van der Waals surface area contributed by atoms with E-state index < -0.39 is 6.10 Å². The van der Waals surface area contributed by atoms with E-state index in [-0.39, 0.29) is 18.9 Å². The third kappa shape index (κ3) is 3.59. The van der Waals surface area contributed by atoms with Crippen LogP contribution in [0.2, 0.25) is 0 Å². The van der Waals surface area contributed by atoms with Crippen LogP contribution < -0.4 is 5.32 Å². The largest absolute Gasteiger partial charge is 0.394 e. The van der Waals surface area contributed by atoms with Crippen LogP contribution in [0.25, 0.3) is 0 Å². The van der Waals surface area contributed by atoms with Gasteiger partial charge in [0.05, 0.1) is 12.7 Å². The minimum atomic E-state index is -0.812. The predicted octanol–water partition coefficient (Wildman–Crippen LogP) is 1.42. The van der Waals surface area contributed by atoms with Gasteiger partial charge in [-0.15, -0.1) is 0 Å². The van der Waals surface area contributed by atoms with Gasteiger partial charge in [0.25, 0.3) is 0 Å². The van der Waals surface area contributed by atoms with Gasteiger partial charge in [-0.2, -0.15) is 0 Å². The Labute approximate surface area is 102 Å². The summed E-state index contributed by atoms with van der Waals surface area (Å²) in [6.45, 7) is 1.43. The molecule has 88 valence electrons. The quantitative estimate of drug-likeness (QED) is 0.717. The minimum absolute atomic E-state index is 0.0155. The van der Waals surface area contributed by atoms with Crippen LogP contribution in [0.1, 0.15) is 17.3 Å². The minimum Gasteiger partial charge on any atom is -0.394 e. The summed E-state index contributed by atoms with van der Waals surface area (Å²) in [5, 5.41) is 20.8. The van der Waals surface area contributed by atoms with Gasteiger partial charge in [0.15, 0.2) is 5.78 Å². The Kier molecular flexibility index (Phi) is 4.92. The maximum absolute atomic E-state index is 11.2. The summed E-state index contributed by atoms with van der Waals surface area (Å²) in [7, 11) is 0. The van der Waals surface area contributed by atoms with Crippen LogP contribution in [0.3, 0.4) is 0 Å². The summed E-state index contributed by atoms with van der Waals surface area (Å²) in [6, 6.07) is 5.20. The Hall–Kier alpha value is -0.910. The molecule has 0 bridgehead atoms. The van der Waals surface area contributed by atoms with E-state index in [0.29, 0.717) is 5.56 Å². The van der Waals surface area contributed by atoms with Gasteiger partial charge in [0.2, 0.25) is 0 Å². The Balaban J connectivity index is 2.78. The average Bonchev–Trinajstić information content (AvgIpc) is 2.27. The number of aliphatic hydroxyl groups excluding tert-OH is 2. The van der Waals surface area contributed by atoms with Crippen molar-refractivity contribution in [2.75, 3.05) is 18.5 Å². The van der Waals surface area contributed by atoms with Crippen molar-refractivity contribution in [3.8, 4) is 0 Å². The number of carbonyl (C=O) groups is 1. The van der Waals surface area contributed by atoms with Crippen LogP contribution in [-0.2, 0) is 0 Å². The van der Waals surface area contributed by atoms with E-state index in [9.17, 15) is 9.90 Å². The molecule has 5 heteroatoms. The lowest BCUT2D eigenvalue weighted by Gasteiger charge is -2.12. The predicted molar refractivity (Wildman–Crippen MR) is 65.7 cm³/mol. The zero-order chi connectivity index (χ0) is 12.1. The average molecular weight is 288 g/mol. The van der Waals surface area contributed by atoms with Crippen LogP contribution in [0.5, 0.6) is 0 Å². The number of anilines is 1. The highest BCUT2D eigenvalue weighted by Gasteiger charge is 2.06. The summed E-state index contributed by atoms with van der Waals surface area (Å²) >= 11 is 3.33. The van der Waals surface area contributed by atoms with Gasteiger partial charge in [-0.05, 0) is 35.0 Å². The molecule has 0 aliphatic heterocycles. The molecule has 0 spiro atoms. The topological polar surface area (TPSA) is 69.6 Å². The molecule has 0 saturated carbocycles. The fourth-order valence-electron chi connectivity index (χ4n) is 1.17. The highest BCUT2D eigenvalue weighted by molar-refractivity contribution is 9.10. The lowest BCUT2D eigenvalue weighted by atomic mass is 10.1. The van der Waals surface area contributed by atoms with Crippen LogP contribution in [0.4, 0.5) is 5.69 Å². The lowest BCUT2D eigenvalue weighted by Crippen LogP contribution is -2.23. The van der Waals surface area contributed by atoms with Gasteiger partial charge in [-0.25, -0.2) is 0 Å². The van der Waals surface area contributed by atoms with Gasteiger partial charge >= 0.3 is 0 Å². The zero-order valence-corrected chi connectivity index (χ0v) is 10.5. The Morgan fingerprint density at radius 1 is 1.56 bits per heavy atom. The van der Waals surface area contributed by atoms with Crippen molar-refractivity contribution < 1.29 is 15.0 Å². The first-order valence-electron chi connectivity index (χ1n) is 4.88. The van der Waals surface area contributed by atoms with Gasteiger partial charge in [0, 0.05) is 22.3 Å². The number of ketones is 1. The van der Waals surface area contributed by atoms with Crippen LogP contribution in [0, 0.1) is 0 Å². The first-order chi connectivity index (χ1) is 7.54. The van der Waals surface area contributed by atoms with E-state index in [1.807, 2.05) is 0 Å².